The van der Waals surface area contributed by atoms with E-state index in [2.05, 4.69) is 0 Å². The molecule has 1 aliphatic rings. The van der Waals surface area contributed by atoms with Gasteiger partial charge in [-0.05, 0) is 18.6 Å². The fourth-order valence-electron chi connectivity index (χ4n) is 0.598. The molecule has 0 radical (unpaired) electrons. The fraction of sp³-hybridized carbons (Fsp3) is 0.556. The summed E-state index contributed by atoms with van der Waals surface area (Å²) in [4.78, 5) is 0. The largest absolute Gasteiger partial charge is 0.468 e. The van der Waals surface area contributed by atoms with Gasteiger partial charge in [-0.25, -0.2) is 0 Å². The van der Waals surface area contributed by atoms with Gasteiger partial charge in [-0.15, -0.1) is 0 Å². The van der Waals surface area contributed by atoms with Gasteiger partial charge in [0.05, 0.1) is 12.8 Å². The van der Waals surface area contributed by atoms with Gasteiger partial charge in [0.1, 0.15) is 5.76 Å². The molecular weight excluding hydrogens is 138 g/mol. The van der Waals surface area contributed by atoms with E-state index in [-0.39, 0.29) is 0 Å². The van der Waals surface area contributed by atoms with Crippen LogP contribution in [0, 0.1) is 6.92 Å². The lowest BCUT2D eigenvalue weighted by molar-refractivity contribution is 0.511. The standard InChI is InChI=1S/C6H9NO.C3H6/c1-5-2-6(3-7)8-4-5;1-2-3-1/h2,4H,3,7H2,1H3;1-3H2. The van der Waals surface area contributed by atoms with Crippen molar-refractivity contribution in [3.63, 3.8) is 0 Å². The molecule has 2 nitrogen and oxygen atoms in total. The molecule has 1 saturated carbocycles. The summed E-state index contributed by atoms with van der Waals surface area (Å²) in [5.41, 5.74) is 6.40. The van der Waals surface area contributed by atoms with Crippen LogP contribution in [0.4, 0.5) is 0 Å². The van der Waals surface area contributed by atoms with Gasteiger partial charge in [-0.1, -0.05) is 19.3 Å². The van der Waals surface area contributed by atoms with Crippen molar-refractivity contribution in [1.29, 1.82) is 0 Å². The van der Waals surface area contributed by atoms with Crippen LogP contribution in [0.2, 0.25) is 0 Å². The zero-order valence-electron chi connectivity index (χ0n) is 6.97. The number of hydrogen-bond acceptors (Lipinski definition) is 2. The van der Waals surface area contributed by atoms with E-state index in [9.17, 15) is 0 Å². The van der Waals surface area contributed by atoms with E-state index in [0.29, 0.717) is 6.54 Å². The number of furan rings is 1. The Morgan fingerprint density at radius 3 is 2.27 bits per heavy atom. The maximum atomic E-state index is 5.27. The van der Waals surface area contributed by atoms with E-state index in [1.54, 1.807) is 6.26 Å². The first-order chi connectivity index (χ1) is 5.33. The van der Waals surface area contributed by atoms with Gasteiger partial charge in [0, 0.05) is 0 Å². The molecule has 2 heteroatoms. The number of rotatable bonds is 1. The van der Waals surface area contributed by atoms with Crippen LogP contribution >= 0.6 is 0 Å². The second-order valence-electron chi connectivity index (χ2n) is 2.86. The van der Waals surface area contributed by atoms with Gasteiger partial charge in [-0.2, -0.15) is 0 Å². The molecule has 1 aliphatic carbocycles. The lowest BCUT2D eigenvalue weighted by atomic mass is 10.3. The van der Waals surface area contributed by atoms with Gasteiger partial charge in [0.2, 0.25) is 0 Å². The van der Waals surface area contributed by atoms with E-state index in [1.165, 1.54) is 19.3 Å². The molecule has 11 heavy (non-hydrogen) atoms. The third-order valence-corrected chi connectivity index (χ3v) is 1.34. The van der Waals surface area contributed by atoms with Gasteiger partial charge in [0.25, 0.3) is 0 Å². The Bertz CT molecular complexity index is 200. The highest BCUT2D eigenvalue weighted by Gasteiger charge is 1.95. The summed E-state index contributed by atoms with van der Waals surface area (Å²) in [7, 11) is 0. The molecule has 0 bridgehead atoms. The molecule has 2 rings (SSSR count). The zero-order valence-corrected chi connectivity index (χ0v) is 6.97. The second-order valence-corrected chi connectivity index (χ2v) is 2.86. The first-order valence-corrected chi connectivity index (χ1v) is 4.07. The lowest BCUT2D eigenvalue weighted by Crippen LogP contribution is -1.92. The SMILES string of the molecule is C1CC1.Cc1coc(CN)c1. The highest BCUT2D eigenvalue weighted by molar-refractivity contribution is 5.09. The van der Waals surface area contributed by atoms with Crippen LogP contribution in [0.15, 0.2) is 16.7 Å². The summed E-state index contributed by atoms with van der Waals surface area (Å²) in [5.74, 6) is 0.850. The first kappa shape index (κ1) is 8.34. The van der Waals surface area contributed by atoms with Crippen LogP contribution < -0.4 is 5.73 Å². The molecule has 0 aliphatic heterocycles. The van der Waals surface area contributed by atoms with Crippen molar-refractivity contribution in [3.8, 4) is 0 Å². The second kappa shape index (κ2) is 4.19. The minimum absolute atomic E-state index is 0.494. The minimum atomic E-state index is 0.494. The Balaban J connectivity index is 0.000000167. The summed E-state index contributed by atoms with van der Waals surface area (Å²) in [6, 6.07) is 1.93. The fourth-order valence-corrected chi connectivity index (χ4v) is 0.598. The summed E-state index contributed by atoms with van der Waals surface area (Å²) < 4.78 is 4.99. The monoisotopic (exact) mass is 153 g/mol. The molecule has 1 aromatic heterocycles. The predicted octanol–water partition coefficient (Wildman–Crippen LogP) is 2.22. The minimum Gasteiger partial charge on any atom is -0.468 e. The lowest BCUT2D eigenvalue weighted by Gasteiger charge is -1.80. The average Bonchev–Trinajstić information content (AvgIpc) is 2.82. The number of nitrogens with two attached hydrogens (primary N) is 1. The molecular formula is C9H15NO. The average molecular weight is 153 g/mol. The first-order valence-electron chi connectivity index (χ1n) is 4.07. The molecule has 1 heterocycles. The highest BCUT2D eigenvalue weighted by atomic mass is 16.3. The summed E-state index contributed by atoms with van der Waals surface area (Å²) >= 11 is 0. The van der Waals surface area contributed by atoms with Crippen molar-refractivity contribution in [2.24, 2.45) is 5.73 Å². The third-order valence-electron chi connectivity index (χ3n) is 1.34. The van der Waals surface area contributed by atoms with E-state index in [0.717, 1.165) is 11.3 Å². The number of aryl methyl sites for hydroxylation is 1. The third kappa shape index (κ3) is 3.83. The molecule has 0 amide bonds. The zero-order chi connectivity index (χ0) is 8.10. The van der Waals surface area contributed by atoms with Crippen LogP contribution in [0.25, 0.3) is 0 Å². The van der Waals surface area contributed by atoms with Crippen LogP contribution in [-0.4, -0.2) is 0 Å². The number of hydrogen-bond donors (Lipinski definition) is 1. The molecule has 0 spiro atoms. The smallest absolute Gasteiger partial charge is 0.117 e. The van der Waals surface area contributed by atoms with Crippen LogP contribution in [0.1, 0.15) is 30.6 Å². The highest BCUT2D eigenvalue weighted by Crippen LogP contribution is 2.14. The van der Waals surface area contributed by atoms with Crippen molar-refractivity contribution in [1.82, 2.24) is 0 Å². The van der Waals surface area contributed by atoms with Crippen molar-refractivity contribution in [2.75, 3.05) is 0 Å². The van der Waals surface area contributed by atoms with Gasteiger partial charge in [0.15, 0.2) is 0 Å². The molecule has 1 fully saturated rings. The summed E-state index contributed by atoms with van der Waals surface area (Å²) in [6.45, 7) is 2.47. The van der Waals surface area contributed by atoms with Crippen molar-refractivity contribution in [3.05, 3.63) is 23.7 Å². The molecule has 62 valence electrons. The van der Waals surface area contributed by atoms with Crippen LogP contribution in [0.3, 0.4) is 0 Å². The van der Waals surface area contributed by atoms with Crippen molar-refractivity contribution >= 4 is 0 Å². The molecule has 2 N–H and O–H groups in total. The Kier molecular flexibility index (Phi) is 3.17. The maximum absolute atomic E-state index is 5.27. The predicted molar refractivity (Wildman–Crippen MR) is 45.2 cm³/mol. The Hall–Kier alpha value is -0.760. The quantitative estimate of drug-likeness (QED) is 0.671. The van der Waals surface area contributed by atoms with Crippen LogP contribution in [-0.2, 0) is 6.54 Å². The molecule has 1 aromatic rings. The Morgan fingerprint density at radius 2 is 2.09 bits per heavy atom. The maximum Gasteiger partial charge on any atom is 0.117 e. The topological polar surface area (TPSA) is 39.2 Å². The van der Waals surface area contributed by atoms with Crippen molar-refractivity contribution < 1.29 is 4.42 Å². The van der Waals surface area contributed by atoms with Gasteiger partial charge in [-0.3, -0.25) is 0 Å². The Morgan fingerprint density at radius 1 is 1.45 bits per heavy atom. The van der Waals surface area contributed by atoms with Gasteiger partial charge >= 0.3 is 0 Å². The molecule has 0 saturated heterocycles. The van der Waals surface area contributed by atoms with E-state index < -0.39 is 0 Å². The summed E-state index contributed by atoms with van der Waals surface area (Å²) in [5, 5.41) is 0. The Labute approximate surface area is 67.4 Å². The van der Waals surface area contributed by atoms with E-state index in [1.807, 2.05) is 13.0 Å². The summed E-state index contributed by atoms with van der Waals surface area (Å²) in [6.07, 6.45) is 6.20. The van der Waals surface area contributed by atoms with Crippen LogP contribution in [0.5, 0.6) is 0 Å². The molecule has 0 aromatic carbocycles. The molecule has 0 atom stereocenters. The van der Waals surface area contributed by atoms with Gasteiger partial charge < -0.3 is 10.2 Å². The van der Waals surface area contributed by atoms with E-state index in [4.69, 9.17) is 10.2 Å². The molecule has 0 unspecified atom stereocenters. The normalized spacial score (nSPS) is 13.6. The van der Waals surface area contributed by atoms with Crippen molar-refractivity contribution in [2.45, 2.75) is 32.7 Å². The van der Waals surface area contributed by atoms with E-state index >= 15 is 0 Å².